The second-order valence-electron chi connectivity index (χ2n) is 5.15. The van der Waals surface area contributed by atoms with Gasteiger partial charge in [-0.1, -0.05) is 18.2 Å². The number of hydrogen-bond acceptors (Lipinski definition) is 6. The first kappa shape index (κ1) is 18.2. The van der Waals surface area contributed by atoms with Crippen molar-refractivity contribution in [2.75, 3.05) is 7.11 Å². The smallest absolute Gasteiger partial charge is 0.478 e. The second kappa shape index (κ2) is 8.67. The number of methoxy groups -OCH3 is 1. The first-order chi connectivity index (χ1) is 11.5. The minimum atomic E-state index is -1.31. The van der Waals surface area contributed by atoms with Gasteiger partial charge in [-0.25, -0.2) is 0 Å². The van der Waals surface area contributed by atoms with E-state index in [0.717, 1.165) is 4.88 Å². The summed E-state index contributed by atoms with van der Waals surface area (Å²) in [5.41, 5.74) is 0.343. The topological polar surface area (TPSA) is 105 Å². The predicted octanol–water partition coefficient (Wildman–Crippen LogP) is 1.06. The molecule has 1 aromatic heterocycles. The molecule has 128 valence electrons. The Hall–Kier alpha value is -2.10. The normalized spacial score (nSPS) is 21.2. The molecule has 3 N–H and O–H groups in total. The second-order valence-corrected chi connectivity index (χ2v) is 6.10. The molecule has 2 rings (SSSR count). The van der Waals surface area contributed by atoms with Crippen molar-refractivity contribution < 1.29 is 29.1 Å². The summed E-state index contributed by atoms with van der Waals surface area (Å²) < 4.78 is 10.3. The molecule has 0 saturated heterocycles. The molecule has 2 atom stereocenters. The van der Waals surface area contributed by atoms with Crippen LogP contribution in [0.15, 0.2) is 35.9 Å². The summed E-state index contributed by atoms with van der Waals surface area (Å²) in [5, 5.41) is 23.5. The molecule has 1 aliphatic heterocycles. The van der Waals surface area contributed by atoms with E-state index >= 15 is 0 Å². The molecule has 0 radical (unpaired) electrons. The standard InChI is InChI=1S/C15H18BNO6S/c1-22-9-11(12-5-3-7-24-12)15(20)17-13-6-2-4-10(8-14(18)19)23-16(13)21/h2-5,7,9-10,13,21H,6,8H2,1H3,(H,17,20)(H,18,19)/b11-9+/t10-,13+/m1/s1. The Bertz CT molecular complexity index is 630. The summed E-state index contributed by atoms with van der Waals surface area (Å²) in [5.74, 6) is -2.12. The Morgan fingerprint density at radius 1 is 1.58 bits per heavy atom. The maximum absolute atomic E-state index is 12.5. The van der Waals surface area contributed by atoms with Gasteiger partial charge in [0.2, 0.25) is 0 Å². The van der Waals surface area contributed by atoms with Gasteiger partial charge in [0.1, 0.15) is 0 Å². The van der Waals surface area contributed by atoms with Gasteiger partial charge in [-0.2, -0.15) is 0 Å². The third-order valence-electron chi connectivity index (χ3n) is 3.36. The molecule has 7 nitrogen and oxygen atoms in total. The number of hydrogen-bond donors (Lipinski definition) is 3. The molecule has 0 aromatic carbocycles. The van der Waals surface area contributed by atoms with Gasteiger partial charge in [0.15, 0.2) is 0 Å². The van der Waals surface area contributed by atoms with Crippen molar-refractivity contribution in [2.24, 2.45) is 0 Å². The highest BCUT2D eigenvalue weighted by molar-refractivity contribution is 7.11. The van der Waals surface area contributed by atoms with Gasteiger partial charge < -0.3 is 24.8 Å². The van der Waals surface area contributed by atoms with E-state index in [1.165, 1.54) is 24.7 Å². The predicted molar refractivity (Wildman–Crippen MR) is 90.1 cm³/mol. The van der Waals surface area contributed by atoms with E-state index in [4.69, 9.17) is 14.5 Å². The van der Waals surface area contributed by atoms with Crippen molar-refractivity contribution >= 4 is 35.9 Å². The van der Waals surface area contributed by atoms with Crippen molar-refractivity contribution in [3.05, 3.63) is 40.8 Å². The van der Waals surface area contributed by atoms with E-state index in [1.54, 1.807) is 18.2 Å². The van der Waals surface area contributed by atoms with Crippen molar-refractivity contribution in [2.45, 2.75) is 24.9 Å². The lowest BCUT2D eigenvalue weighted by molar-refractivity contribution is -0.138. The summed E-state index contributed by atoms with van der Waals surface area (Å²) in [6, 6.07) is 3.61. The fourth-order valence-corrected chi connectivity index (χ4v) is 2.98. The highest BCUT2D eigenvalue weighted by Gasteiger charge is 2.33. The molecule has 0 unspecified atom stereocenters. The average molecular weight is 351 g/mol. The first-order valence-corrected chi connectivity index (χ1v) is 8.19. The zero-order valence-corrected chi connectivity index (χ0v) is 13.9. The monoisotopic (exact) mass is 351 g/mol. The number of rotatable bonds is 6. The lowest BCUT2D eigenvalue weighted by Gasteiger charge is -2.20. The summed E-state index contributed by atoms with van der Waals surface area (Å²) in [7, 11) is 0.143. The summed E-state index contributed by atoms with van der Waals surface area (Å²) in [6.45, 7) is 0. The molecule has 2 heterocycles. The fourth-order valence-electron chi connectivity index (χ4n) is 2.25. The maximum atomic E-state index is 12.5. The number of ether oxygens (including phenoxy) is 1. The average Bonchev–Trinajstić information content (AvgIpc) is 2.98. The summed E-state index contributed by atoms with van der Waals surface area (Å²) in [4.78, 5) is 24.0. The minimum Gasteiger partial charge on any atom is -0.503 e. The Morgan fingerprint density at radius 2 is 2.38 bits per heavy atom. The van der Waals surface area contributed by atoms with E-state index in [2.05, 4.69) is 5.32 Å². The molecule has 0 saturated carbocycles. The van der Waals surface area contributed by atoms with Crippen LogP contribution in [0.5, 0.6) is 0 Å². The van der Waals surface area contributed by atoms with Crippen LogP contribution in [0.3, 0.4) is 0 Å². The molecule has 9 heteroatoms. The van der Waals surface area contributed by atoms with Crippen LogP contribution in [0.25, 0.3) is 5.57 Å². The van der Waals surface area contributed by atoms with Crippen molar-refractivity contribution in [1.29, 1.82) is 0 Å². The quantitative estimate of drug-likeness (QED) is 0.306. The highest BCUT2D eigenvalue weighted by atomic mass is 32.1. The molecule has 1 aromatic rings. The van der Waals surface area contributed by atoms with Gasteiger partial charge in [0, 0.05) is 4.88 Å². The van der Waals surface area contributed by atoms with Gasteiger partial charge in [0.05, 0.1) is 37.4 Å². The molecule has 1 amide bonds. The van der Waals surface area contributed by atoms with E-state index in [-0.39, 0.29) is 6.42 Å². The number of carboxylic acids is 1. The van der Waals surface area contributed by atoms with Crippen LogP contribution < -0.4 is 5.32 Å². The van der Waals surface area contributed by atoms with E-state index in [9.17, 15) is 14.6 Å². The fraction of sp³-hybridized carbons (Fsp3) is 0.333. The lowest BCUT2D eigenvalue weighted by Crippen LogP contribution is -2.48. The third-order valence-corrected chi connectivity index (χ3v) is 4.26. The number of carboxylic acid groups (broad SMARTS) is 1. The zero-order chi connectivity index (χ0) is 17.5. The molecule has 0 fully saturated rings. The molecule has 0 bridgehead atoms. The summed E-state index contributed by atoms with van der Waals surface area (Å²) in [6.07, 6.45) is 3.96. The number of amides is 1. The lowest BCUT2D eigenvalue weighted by atomic mass is 9.77. The summed E-state index contributed by atoms with van der Waals surface area (Å²) >= 11 is 1.39. The molecule has 0 aliphatic carbocycles. The number of carbonyl (C=O) groups is 2. The van der Waals surface area contributed by atoms with E-state index in [0.29, 0.717) is 12.0 Å². The number of aliphatic carboxylic acids is 1. The number of nitrogens with one attached hydrogen (secondary N) is 1. The number of carbonyl (C=O) groups excluding carboxylic acids is 1. The van der Waals surface area contributed by atoms with Gasteiger partial charge in [-0.3, -0.25) is 9.59 Å². The van der Waals surface area contributed by atoms with Gasteiger partial charge in [0.25, 0.3) is 5.91 Å². The van der Waals surface area contributed by atoms with Crippen LogP contribution in [0.1, 0.15) is 17.7 Å². The van der Waals surface area contributed by atoms with Crippen LogP contribution >= 0.6 is 11.3 Å². The van der Waals surface area contributed by atoms with Crippen molar-refractivity contribution in [3.8, 4) is 0 Å². The third kappa shape index (κ3) is 4.95. The minimum absolute atomic E-state index is 0.252. The SMILES string of the molecule is CO/C=C(/C(=O)N[C@H]1CC=C[C@H](CC(=O)O)OB1O)c1cccs1. The van der Waals surface area contributed by atoms with Crippen LogP contribution in [0.4, 0.5) is 0 Å². The molecular formula is C15H18BNO6S. The van der Waals surface area contributed by atoms with Crippen molar-refractivity contribution in [1.82, 2.24) is 5.32 Å². The zero-order valence-electron chi connectivity index (χ0n) is 13.0. The van der Waals surface area contributed by atoms with Crippen LogP contribution in [0, 0.1) is 0 Å². The molecule has 1 aliphatic rings. The largest absolute Gasteiger partial charge is 0.503 e. The first-order valence-electron chi connectivity index (χ1n) is 7.31. The highest BCUT2D eigenvalue weighted by Crippen LogP contribution is 2.21. The van der Waals surface area contributed by atoms with Gasteiger partial charge in [-0.15, -0.1) is 11.3 Å². The van der Waals surface area contributed by atoms with Crippen molar-refractivity contribution in [3.63, 3.8) is 0 Å². The van der Waals surface area contributed by atoms with Crippen LogP contribution in [0.2, 0.25) is 0 Å². The van der Waals surface area contributed by atoms with Gasteiger partial charge in [-0.05, 0) is 17.9 Å². The number of thiophene rings is 1. The Balaban J connectivity index is 2.04. The molecule has 0 spiro atoms. The molecule has 24 heavy (non-hydrogen) atoms. The van der Waals surface area contributed by atoms with Crippen LogP contribution in [-0.4, -0.2) is 48.3 Å². The Morgan fingerprint density at radius 3 is 3.00 bits per heavy atom. The van der Waals surface area contributed by atoms with Gasteiger partial charge >= 0.3 is 13.1 Å². The van der Waals surface area contributed by atoms with Crippen LogP contribution in [-0.2, 0) is 19.0 Å². The maximum Gasteiger partial charge on any atom is 0.478 e. The Labute approximate surface area is 143 Å². The molecular weight excluding hydrogens is 333 g/mol. The van der Waals surface area contributed by atoms with E-state index < -0.39 is 31.0 Å². The van der Waals surface area contributed by atoms with E-state index in [1.807, 2.05) is 11.4 Å². The Kier molecular flexibility index (Phi) is 6.59.